The number of halogens is 1. The van der Waals surface area contributed by atoms with E-state index < -0.39 is 18.9 Å². The standard InChI is InChI=1S/C16H13FO2/c1-2-11-7-8-15(16(19)9-12(18)10-17)14-6-4-3-5-13(11)14/h2-8H,1,9-10H2. The highest BCUT2D eigenvalue weighted by Gasteiger charge is 2.14. The van der Waals surface area contributed by atoms with E-state index in [2.05, 4.69) is 6.58 Å². The number of alkyl halides is 1. The summed E-state index contributed by atoms with van der Waals surface area (Å²) in [6, 6.07) is 10.8. The maximum Gasteiger partial charge on any atom is 0.171 e. The van der Waals surface area contributed by atoms with Crippen molar-refractivity contribution in [3.05, 3.63) is 54.1 Å². The summed E-state index contributed by atoms with van der Waals surface area (Å²) in [5.74, 6) is -1.05. The SMILES string of the molecule is C=Cc1ccc(C(=O)CC(=O)CF)c2ccccc12. The summed E-state index contributed by atoms with van der Waals surface area (Å²) in [6.07, 6.45) is 1.32. The number of carbonyl (C=O) groups is 2. The van der Waals surface area contributed by atoms with Crippen molar-refractivity contribution in [3.63, 3.8) is 0 Å². The number of hydrogen-bond donors (Lipinski definition) is 0. The van der Waals surface area contributed by atoms with Crippen LogP contribution in [0, 0.1) is 0 Å². The van der Waals surface area contributed by atoms with Crippen LogP contribution in [0.2, 0.25) is 0 Å². The van der Waals surface area contributed by atoms with Crippen LogP contribution in [0.15, 0.2) is 43.0 Å². The average molecular weight is 256 g/mol. The predicted molar refractivity (Wildman–Crippen MR) is 74.0 cm³/mol. The Labute approximate surface area is 110 Å². The number of ketones is 2. The second kappa shape index (κ2) is 5.57. The molecular weight excluding hydrogens is 243 g/mol. The molecule has 0 aliphatic rings. The predicted octanol–water partition coefficient (Wildman–Crippen LogP) is 3.59. The smallest absolute Gasteiger partial charge is 0.171 e. The first-order valence-corrected chi connectivity index (χ1v) is 5.92. The van der Waals surface area contributed by atoms with Crippen molar-refractivity contribution in [3.8, 4) is 0 Å². The molecule has 0 atom stereocenters. The normalized spacial score (nSPS) is 10.4. The molecule has 19 heavy (non-hydrogen) atoms. The van der Waals surface area contributed by atoms with Crippen molar-refractivity contribution in [2.45, 2.75) is 6.42 Å². The lowest BCUT2D eigenvalue weighted by molar-refractivity contribution is -0.119. The van der Waals surface area contributed by atoms with Gasteiger partial charge in [-0.25, -0.2) is 4.39 Å². The fraction of sp³-hybridized carbons (Fsp3) is 0.125. The van der Waals surface area contributed by atoms with Crippen LogP contribution in [0.5, 0.6) is 0 Å². The minimum atomic E-state index is -1.10. The van der Waals surface area contributed by atoms with E-state index >= 15 is 0 Å². The van der Waals surface area contributed by atoms with Crippen LogP contribution in [0.4, 0.5) is 4.39 Å². The molecule has 0 amide bonds. The van der Waals surface area contributed by atoms with Gasteiger partial charge in [-0.15, -0.1) is 0 Å². The highest BCUT2D eigenvalue weighted by Crippen LogP contribution is 2.24. The van der Waals surface area contributed by atoms with Gasteiger partial charge in [0, 0.05) is 5.56 Å². The third-order valence-electron chi connectivity index (χ3n) is 2.98. The molecule has 0 fully saturated rings. The second-order valence-electron chi connectivity index (χ2n) is 4.22. The van der Waals surface area contributed by atoms with E-state index in [0.29, 0.717) is 5.56 Å². The monoisotopic (exact) mass is 256 g/mol. The Kier molecular flexibility index (Phi) is 3.85. The van der Waals surface area contributed by atoms with Crippen molar-refractivity contribution in [2.75, 3.05) is 6.67 Å². The van der Waals surface area contributed by atoms with Gasteiger partial charge in [-0.1, -0.05) is 49.1 Å². The van der Waals surface area contributed by atoms with Gasteiger partial charge in [-0.3, -0.25) is 9.59 Å². The zero-order chi connectivity index (χ0) is 13.8. The van der Waals surface area contributed by atoms with Gasteiger partial charge in [0.25, 0.3) is 0 Å². The van der Waals surface area contributed by atoms with Gasteiger partial charge >= 0.3 is 0 Å². The summed E-state index contributed by atoms with van der Waals surface area (Å²) in [7, 11) is 0. The van der Waals surface area contributed by atoms with Crippen LogP contribution in [-0.4, -0.2) is 18.2 Å². The lowest BCUT2D eigenvalue weighted by Gasteiger charge is -2.07. The van der Waals surface area contributed by atoms with Crippen molar-refractivity contribution < 1.29 is 14.0 Å². The maximum absolute atomic E-state index is 12.2. The molecule has 2 nitrogen and oxygen atoms in total. The summed E-state index contributed by atoms with van der Waals surface area (Å²) >= 11 is 0. The largest absolute Gasteiger partial charge is 0.296 e. The molecule has 0 unspecified atom stereocenters. The van der Waals surface area contributed by atoms with E-state index in [-0.39, 0.29) is 5.78 Å². The van der Waals surface area contributed by atoms with Crippen LogP contribution in [0.25, 0.3) is 16.8 Å². The van der Waals surface area contributed by atoms with Crippen molar-refractivity contribution >= 4 is 28.4 Å². The van der Waals surface area contributed by atoms with E-state index in [4.69, 9.17) is 0 Å². The van der Waals surface area contributed by atoms with Crippen molar-refractivity contribution in [2.24, 2.45) is 0 Å². The van der Waals surface area contributed by atoms with Gasteiger partial charge < -0.3 is 0 Å². The van der Waals surface area contributed by atoms with Gasteiger partial charge in [0.15, 0.2) is 11.6 Å². The molecule has 96 valence electrons. The molecule has 0 aromatic heterocycles. The molecule has 0 N–H and O–H groups in total. The number of Topliss-reactive ketones (excluding diaryl/α,β-unsaturated/α-hetero) is 2. The number of hydrogen-bond acceptors (Lipinski definition) is 2. The molecule has 2 aromatic rings. The first-order valence-electron chi connectivity index (χ1n) is 5.92. The summed E-state index contributed by atoms with van der Waals surface area (Å²) in [4.78, 5) is 23.1. The third kappa shape index (κ3) is 2.60. The molecule has 0 spiro atoms. The molecule has 3 heteroatoms. The van der Waals surface area contributed by atoms with Crippen LogP contribution in [-0.2, 0) is 4.79 Å². The Morgan fingerprint density at radius 3 is 2.42 bits per heavy atom. The minimum absolute atomic E-state index is 0.352. The molecule has 0 aliphatic heterocycles. The third-order valence-corrected chi connectivity index (χ3v) is 2.98. The molecule has 0 bridgehead atoms. The molecular formula is C16H13FO2. The molecule has 0 aliphatic carbocycles. The summed E-state index contributed by atoms with van der Waals surface area (Å²) in [6.45, 7) is 2.63. The van der Waals surface area contributed by atoms with E-state index in [1.54, 1.807) is 18.2 Å². The van der Waals surface area contributed by atoms with E-state index in [0.717, 1.165) is 16.3 Å². The Morgan fingerprint density at radius 1 is 1.11 bits per heavy atom. The number of benzene rings is 2. The fourth-order valence-electron chi connectivity index (χ4n) is 2.07. The van der Waals surface area contributed by atoms with Gasteiger partial charge in [0.05, 0.1) is 6.42 Å². The molecule has 0 heterocycles. The van der Waals surface area contributed by atoms with Crippen molar-refractivity contribution in [1.82, 2.24) is 0 Å². The van der Waals surface area contributed by atoms with Crippen LogP contribution in [0.3, 0.4) is 0 Å². The highest BCUT2D eigenvalue weighted by molar-refractivity contribution is 6.15. The van der Waals surface area contributed by atoms with E-state index in [1.165, 1.54) is 0 Å². The topological polar surface area (TPSA) is 34.1 Å². The molecule has 2 rings (SSSR count). The first kappa shape index (κ1) is 13.1. The Balaban J connectivity index is 2.53. The number of carbonyl (C=O) groups excluding carboxylic acids is 2. The summed E-state index contributed by atoms with van der Waals surface area (Å²) < 4.78 is 12.2. The Bertz CT molecular complexity index is 659. The lowest BCUT2D eigenvalue weighted by Crippen LogP contribution is -2.10. The quantitative estimate of drug-likeness (QED) is 0.605. The second-order valence-corrected chi connectivity index (χ2v) is 4.22. The lowest BCUT2D eigenvalue weighted by atomic mass is 9.95. The summed E-state index contributed by atoms with van der Waals surface area (Å²) in [5.41, 5.74) is 1.37. The first-order chi connectivity index (χ1) is 9.17. The number of rotatable bonds is 5. The average Bonchev–Trinajstić information content (AvgIpc) is 2.45. The minimum Gasteiger partial charge on any atom is -0.296 e. The zero-order valence-electron chi connectivity index (χ0n) is 10.4. The van der Waals surface area contributed by atoms with Crippen LogP contribution < -0.4 is 0 Å². The molecule has 0 saturated carbocycles. The molecule has 2 aromatic carbocycles. The maximum atomic E-state index is 12.2. The number of fused-ring (bicyclic) bond motifs is 1. The van der Waals surface area contributed by atoms with Crippen LogP contribution in [0.1, 0.15) is 22.3 Å². The van der Waals surface area contributed by atoms with Crippen LogP contribution >= 0.6 is 0 Å². The van der Waals surface area contributed by atoms with Gasteiger partial charge in [-0.05, 0) is 16.3 Å². The summed E-state index contributed by atoms with van der Waals surface area (Å²) in [5, 5.41) is 1.66. The van der Waals surface area contributed by atoms with Gasteiger partial charge in [0.1, 0.15) is 6.67 Å². The zero-order valence-corrected chi connectivity index (χ0v) is 10.4. The van der Waals surface area contributed by atoms with Gasteiger partial charge in [-0.2, -0.15) is 0 Å². The fourth-order valence-corrected chi connectivity index (χ4v) is 2.07. The van der Waals surface area contributed by atoms with E-state index in [9.17, 15) is 14.0 Å². The molecule has 0 radical (unpaired) electrons. The van der Waals surface area contributed by atoms with Gasteiger partial charge in [0.2, 0.25) is 0 Å². The van der Waals surface area contributed by atoms with E-state index in [1.807, 2.05) is 24.3 Å². The Morgan fingerprint density at radius 2 is 1.79 bits per heavy atom. The molecule has 0 saturated heterocycles. The van der Waals surface area contributed by atoms with Crippen molar-refractivity contribution in [1.29, 1.82) is 0 Å². The Hall–Kier alpha value is -2.29. The highest BCUT2D eigenvalue weighted by atomic mass is 19.1.